The van der Waals surface area contributed by atoms with Crippen molar-refractivity contribution < 1.29 is 13.9 Å². The van der Waals surface area contributed by atoms with E-state index in [1.54, 1.807) is 35.3 Å². The Balaban J connectivity index is 1.35. The van der Waals surface area contributed by atoms with Crippen molar-refractivity contribution in [2.75, 3.05) is 5.32 Å². The van der Waals surface area contributed by atoms with Gasteiger partial charge >= 0.3 is 0 Å². The van der Waals surface area contributed by atoms with Crippen LogP contribution in [0.25, 0.3) is 0 Å². The Bertz CT molecular complexity index is 1290. The van der Waals surface area contributed by atoms with Gasteiger partial charge in [-0.15, -0.1) is 0 Å². The van der Waals surface area contributed by atoms with Crippen LogP contribution in [0.2, 0.25) is 10.0 Å². The Hall–Kier alpha value is -3.36. The highest BCUT2D eigenvalue weighted by Crippen LogP contribution is 2.26. The van der Waals surface area contributed by atoms with Crippen LogP contribution in [0.5, 0.6) is 5.75 Å². The highest BCUT2D eigenvalue weighted by Gasteiger charge is 2.13. The molecule has 0 bridgehead atoms. The number of benzene rings is 2. The monoisotopic (exact) mass is 487 g/mol. The molecule has 0 saturated carbocycles. The van der Waals surface area contributed by atoms with Gasteiger partial charge in [0.1, 0.15) is 11.6 Å². The molecule has 2 aromatic heterocycles. The first-order valence-electron chi connectivity index (χ1n) is 10.0. The van der Waals surface area contributed by atoms with Crippen molar-refractivity contribution in [1.29, 1.82) is 0 Å². The summed E-state index contributed by atoms with van der Waals surface area (Å²) in [5, 5.41) is 12.3. The van der Waals surface area contributed by atoms with Crippen LogP contribution in [0.3, 0.4) is 0 Å². The maximum absolute atomic E-state index is 13.2. The van der Waals surface area contributed by atoms with E-state index in [2.05, 4.69) is 15.5 Å². The molecule has 0 radical (unpaired) electrons. The number of amides is 1. The van der Waals surface area contributed by atoms with E-state index in [1.807, 2.05) is 26.0 Å². The molecule has 170 valence electrons. The molecule has 0 saturated heterocycles. The van der Waals surface area contributed by atoms with Crippen LogP contribution in [0.15, 0.2) is 54.9 Å². The van der Waals surface area contributed by atoms with Gasteiger partial charge in [-0.3, -0.25) is 9.48 Å². The molecule has 0 aliphatic carbocycles. The fraction of sp³-hybridized carbons (Fsp3) is 0.174. The zero-order valence-corrected chi connectivity index (χ0v) is 19.4. The Kier molecular flexibility index (Phi) is 6.67. The Morgan fingerprint density at radius 2 is 1.76 bits per heavy atom. The van der Waals surface area contributed by atoms with E-state index in [4.69, 9.17) is 27.9 Å². The van der Waals surface area contributed by atoms with Gasteiger partial charge in [-0.25, -0.2) is 9.07 Å². The zero-order chi connectivity index (χ0) is 23.5. The number of halogens is 3. The van der Waals surface area contributed by atoms with Gasteiger partial charge in [-0.1, -0.05) is 29.3 Å². The van der Waals surface area contributed by atoms with Gasteiger partial charge in [0, 0.05) is 28.5 Å². The van der Waals surface area contributed by atoms with Crippen LogP contribution in [0, 0.1) is 19.7 Å². The lowest BCUT2D eigenvalue weighted by Gasteiger charge is -2.10. The summed E-state index contributed by atoms with van der Waals surface area (Å²) in [6, 6.07) is 11.1. The minimum Gasteiger partial charge on any atom is -0.471 e. The standard InChI is InChI=1S/C23H20Cl2FN5O2/c1-14-9-18(10-15(2)22(14)25)33-13-31-7-5-20(28-31)23(32)27-21-6-8-30(29-21)12-16-3-4-17(26)11-19(16)24/h3-11H,12-13H2,1-2H3,(H,27,29,32). The molecule has 33 heavy (non-hydrogen) atoms. The van der Waals surface area contributed by atoms with Gasteiger partial charge in [-0.2, -0.15) is 10.2 Å². The van der Waals surface area contributed by atoms with Crippen LogP contribution in [0.4, 0.5) is 10.2 Å². The summed E-state index contributed by atoms with van der Waals surface area (Å²) in [4.78, 5) is 12.5. The van der Waals surface area contributed by atoms with E-state index in [9.17, 15) is 9.18 Å². The van der Waals surface area contributed by atoms with Gasteiger partial charge in [0.15, 0.2) is 18.2 Å². The molecule has 1 N–H and O–H groups in total. The van der Waals surface area contributed by atoms with E-state index in [0.29, 0.717) is 33.7 Å². The van der Waals surface area contributed by atoms with Crippen molar-refractivity contribution in [2.45, 2.75) is 27.1 Å². The highest BCUT2D eigenvalue weighted by molar-refractivity contribution is 6.32. The molecule has 2 heterocycles. The molecule has 7 nitrogen and oxygen atoms in total. The fourth-order valence-corrected chi connectivity index (χ4v) is 3.54. The van der Waals surface area contributed by atoms with Crippen LogP contribution in [-0.2, 0) is 13.3 Å². The van der Waals surface area contributed by atoms with Crippen LogP contribution >= 0.6 is 23.2 Å². The molecule has 10 heteroatoms. The number of nitrogens with one attached hydrogen (secondary N) is 1. The lowest BCUT2D eigenvalue weighted by molar-refractivity contribution is 0.101. The number of nitrogens with zero attached hydrogens (tertiary/aromatic N) is 4. The molecule has 0 aliphatic rings. The number of aromatic nitrogens is 4. The van der Waals surface area contributed by atoms with E-state index in [-0.39, 0.29) is 12.4 Å². The lowest BCUT2D eigenvalue weighted by Crippen LogP contribution is -2.15. The number of anilines is 1. The first kappa shape index (κ1) is 22.8. The van der Waals surface area contributed by atoms with Crippen molar-refractivity contribution >= 4 is 34.9 Å². The third kappa shape index (κ3) is 5.53. The van der Waals surface area contributed by atoms with Crippen molar-refractivity contribution in [3.63, 3.8) is 0 Å². The van der Waals surface area contributed by atoms with Gasteiger partial charge in [0.2, 0.25) is 0 Å². The van der Waals surface area contributed by atoms with Gasteiger partial charge < -0.3 is 10.1 Å². The summed E-state index contributed by atoms with van der Waals surface area (Å²) in [7, 11) is 0. The van der Waals surface area contributed by atoms with E-state index >= 15 is 0 Å². The van der Waals surface area contributed by atoms with Crippen molar-refractivity contribution in [3.8, 4) is 5.75 Å². The van der Waals surface area contributed by atoms with Gasteiger partial charge in [0.05, 0.1) is 6.54 Å². The molecule has 4 rings (SSSR count). The first-order chi connectivity index (χ1) is 15.8. The summed E-state index contributed by atoms with van der Waals surface area (Å²) in [6.07, 6.45) is 3.34. The zero-order valence-electron chi connectivity index (χ0n) is 17.8. The summed E-state index contributed by atoms with van der Waals surface area (Å²) in [5.41, 5.74) is 2.78. The quantitative estimate of drug-likeness (QED) is 0.374. The molecular weight excluding hydrogens is 468 g/mol. The van der Waals surface area contributed by atoms with E-state index in [0.717, 1.165) is 11.1 Å². The highest BCUT2D eigenvalue weighted by atomic mass is 35.5. The third-order valence-electron chi connectivity index (χ3n) is 4.88. The Morgan fingerprint density at radius 3 is 2.48 bits per heavy atom. The predicted octanol–water partition coefficient (Wildman–Crippen LogP) is 5.48. The molecule has 0 unspecified atom stereocenters. The molecule has 4 aromatic rings. The van der Waals surface area contributed by atoms with Gasteiger partial charge in [-0.05, 0) is 60.9 Å². The van der Waals surface area contributed by atoms with Crippen molar-refractivity contribution in [2.24, 2.45) is 0 Å². The topological polar surface area (TPSA) is 74.0 Å². The fourth-order valence-electron chi connectivity index (χ4n) is 3.21. The number of ether oxygens (including phenoxy) is 1. The third-order valence-corrected chi connectivity index (χ3v) is 5.82. The average molecular weight is 488 g/mol. The Labute approximate surface area is 199 Å². The van der Waals surface area contributed by atoms with E-state index in [1.165, 1.54) is 16.8 Å². The SMILES string of the molecule is Cc1cc(OCn2ccc(C(=O)Nc3ccn(Cc4ccc(F)cc4Cl)n3)n2)cc(C)c1Cl. The molecule has 0 aliphatic heterocycles. The second-order valence-corrected chi connectivity index (χ2v) is 8.26. The maximum Gasteiger partial charge on any atom is 0.277 e. The lowest BCUT2D eigenvalue weighted by atomic mass is 10.1. The first-order valence-corrected chi connectivity index (χ1v) is 10.8. The minimum absolute atomic E-state index is 0.140. The molecule has 1 amide bonds. The normalized spacial score (nSPS) is 10.9. The summed E-state index contributed by atoms with van der Waals surface area (Å²) in [5.74, 6) is 0.219. The second-order valence-electron chi connectivity index (χ2n) is 7.47. The summed E-state index contributed by atoms with van der Waals surface area (Å²) < 4.78 is 22.1. The molecule has 2 aromatic carbocycles. The number of carbonyl (C=O) groups is 1. The molecule has 0 atom stereocenters. The summed E-state index contributed by atoms with van der Waals surface area (Å²) >= 11 is 12.2. The average Bonchev–Trinajstić information content (AvgIpc) is 3.42. The molecule has 0 spiro atoms. The van der Waals surface area contributed by atoms with Crippen molar-refractivity contribution in [3.05, 3.63) is 93.1 Å². The molecule has 0 fully saturated rings. The molecular formula is C23H20Cl2FN5O2. The summed E-state index contributed by atoms with van der Waals surface area (Å²) in [6.45, 7) is 4.30. The van der Waals surface area contributed by atoms with Crippen LogP contribution < -0.4 is 10.1 Å². The van der Waals surface area contributed by atoms with Gasteiger partial charge in [0.25, 0.3) is 5.91 Å². The smallest absolute Gasteiger partial charge is 0.277 e. The van der Waals surface area contributed by atoms with E-state index < -0.39 is 11.7 Å². The number of hydrogen-bond acceptors (Lipinski definition) is 4. The second kappa shape index (κ2) is 9.64. The largest absolute Gasteiger partial charge is 0.471 e. The van der Waals surface area contributed by atoms with Crippen LogP contribution in [-0.4, -0.2) is 25.5 Å². The number of aryl methyl sites for hydroxylation is 2. The predicted molar refractivity (Wildman–Crippen MR) is 124 cm³/mol. The maximum atomic E-state index is 13.2. The number of carbonyl (C=O) groups excluding carboxylic acids is 1. The minimum atomic E-state index is -0.406. The number of hydrogen-bond donors (Lipinski definition) is 1. The number of rotatable bonds is 7. The van der Waals surface area contributed by atoms with Crippen molar-refractivity contribution in [1.82, 2.24) is 19.6 Å². The van der Waals surface area contributed by atoms with Crippen LogP contribution in [0.1, 0.15) is 27.2 Å². The Morgan fingerprint density at radius 1 is 1.03 bits per heavy atom.